The largest absolute Gasteiger partial charge is 0.0645 e. The van der Waals surface area contributed by atoms with Crippen LogP contribution in [0, 0.1) is 0 Å². The van der Waals surface area contributed by atoms with Crippen LogP contribution in [0.1, 0.15) is 54.4 Å². The minimum absolute atomic E-state index is 0.499. The first-order valence-corrected chi connectivity index (χ1v) is 8.66. The van der Waals surface area contributed by atoms with Gasteiger partial charge in [0.25, 0.3) is 0 Å². The lowest BCUT2D eigenvalue weighted by atomic mass is 9.91. The summed E-state index contributed by atoms with van der Waals surface area (Å²) in [5.74, 6) is 1.05. The summed E-state index contributed by atoms with van der Waals surface area (Å²) in [7, 11) is 0. The highest BCUT2D eigenvalue weighted by atomic mass is 14.4. The van der Waals surface area contributed by atoms with E-state index in [-0.39, 0.29) is 0 Å². The van der Waals surface area contributed by atoms with Gasteiger partial charge in [0.05, 0.1) is 0 Å². The molecule has 0 aliphatic heterocycles. The zero-order valence-corrected chi connectivity index (χ0v) is 13.6. The molecule has 2 atom stereocenters. The Morgan fingerprint density at radius 3 is 1.96 bits per heavy atom. The van der Waals surface area contributed by atoms with E-state index in [1.165, 1.54) is 50.9 Å². The number of benzene rings is 3. The molecule has 0 radical (unpaired) electrons. The van der Waals surface area contributed by atoms with Gasteiger partial charge in [0.2, 0.25) is 0 Å². The van der Waals surface area contributed by atoms with Crippen molar-refractivity contribution in [2.45, 2.75) is 32.1 Å². The van der Waals surface area contributed by atoms with Crippen LogP contribution >= 0.6 is 0 Å². The van der Waals surface area contributed by atoms with E-state index in [4.69, 9.17) is 0 Å². The second kappa shape index (κ2) is 4.58. The van der Waals surface area contributed by atoms with Crippen molar-refractivity contribution >= 4 is 0 Å². The van der Waals surface area contributed by atoms with Crippen LogP contribution in [0.4, 0.5) is 0 Å². The highest BCUT2D eigenvalue weighted by Gasteiger charge is 2.32. The zero-order chi connectivity index (χ0) is 15.6. The Bertz CT molecular complexity index is 933. The fourth-order valence-electron chi connectivity index (χ4n) is 4.69. The van der Waals surface area contributed by atoms with Gasteiger partial charge in [-0.3, -0.25) is 0 Å². The molecular weight excluding hydrogens is 276 g/mol. The van der Waals surface area contributed by atoms with Crippen LogP contribution in [0.25, 0.3) is 22.3 Å². The predicted molar refractivity (Wildman–Crippen MR) is 97.0 cm³/mol. The summed E-state index contributed by atoms with van der Waals surface area (Å²) >= 11 is 0. The molecule has 0 amide bonds. The minimum atomic E-state index is 0.499. The van der Waals surface area contributed by atoms with Gasteiger partial charge in [0.15, 0.2) is 0 Å². The van der Waals surface area contributed by atoms with E-state index in [9.17, 15) is 0 Å². The molecule has 0 saturated carbocycles. The van der Waals surface area contributed by atoms with Gasteiger partial charge in [0.1, 0.15) is 0 Å². The molecule has 0 bridgehead atoms. The number of fused-ring (bicyclic) bond motifs is 6. The van der Waals surface area contributed by atoms with Crippen molar-refractivity contribution in [3.05, 3.63) is 82.9 Å². The Morgan fingerprint density at radius 1 is 0.652 bits per heavy atom. The topological polar surface area (TPSA) is 0 Å². The molecule has 0 heterocycles. The van der Waals surface area contributed by atoms with E-state index in [0.717, 1.165) is 0 Å². The smallest absolute Gasteiger partial charge is 0.00992 e. The van der Waals surface area contributed by atoms with Crippen LogP contribution in [-0.2, 0) is 0 Å². The van der Waals surface area contributed by atoms with Gasteiger partial charge in [-0.1, -0.05) is 62.4 Å². The van der Waals surface area contributed by atoms with Crippen molar-refractivity contribution in [1.29, 1.82) is 0 Å². The van der Waals surface area contributed by atoms with E-state index in [2.05, 4.69) is 74.5 Å². The van der Waals surface area contributed by atoms with Crippen molar-refractivity contribution in [1.82, 2.24) is 0 Å². The lowest BCUT2D eigenvalue weighted by Crippen LogP contribution is -1.95. The Hall–Kier alpha value is -2.34. The molecule has 2 aliphatic rings. The summed E-state index contributed by atoms with van der Waals surface area (Å²) in [6.07, 6.45) is 1.17. The average Bonchev–Trinajstić information content (AvgIpc) is 3.06. The van der Waals surface area contributed by atoms with Crippen molar-refractivity contribution in [3.8, 4) is 22.3 Å². The maximum Gasteiger partial charge on any atom is 0.00992 e. The van der Waals surface area contributed by atoms with Crippen LogP contribution in [0.15, 0.2) is 60.7 Å². The summed E-state index contributed by atoms with van der Waals surface area (Å²) in [6, 6.07) is 22.8. The first-order valence-electron chi connectivity index (χ1n) is 8.66. The molecular formula is C23H20. The van der Waals surface area contributed by atoms with Crippen molar-refractivity contribution in [2.75, 3.05) is 0 Å². The monoisotopic (exact) mass is 296 g/mol. The van der Waals surface area contributed by atoms with Crippen molar-refractivity contribution in [2.24, 2.45) is 0 Å². The summed E-state index contributed by atoms with van der Waals surface area (Å²) in [5, 5.41) is 0. The average molecular weight is 296 g/mol. The predicted octanol–water partition coefficient (Wildman–Crippen LogP) is 6.34. The van der Waals surface area contributed by atoms with Gasteiger partial charge in [-0.15, -0.1) is 0 Å². The highest BCUT2D eigenvalue weighted by molar-refractivity contribution is 5.87. The number of hydrogen-bond donors (Lipinski definition) is 0. The molecule has 0 aromatic heterocycles. The normalized spacial score (nSPS) is 19.9. The van der Waals surface area contributed by atoms with Gasteiger partial charge in [-0.25, -0.2) is 0 Å². The minimum Gasteiger partial charge on any atom is -0.0645 e. The molecule has 112 valence electrons. The van der Waals surface area contributed by atoms with Crippen LogP contribution in [0.2, 0.25) is 0 Å². The molecule has 0 N–H and O–H groups in total. The molecule has 0 saturated heterocycles. The third-order valence-electron chi connectivity index (χ3n) is 5.82. The summed E-state index contributed by atoms with van der Waals surface area (Å²) in [4.78, 5) is 0. The SMILES string of the molecule is CCC1c2ccccc2-c2cc3c(cc21)-c1ccccc1C3C. The van der Waals surface area contributed by atoms with Crippen LogP contribution in [-0.4, -0.2) is 0 Å². The van der Waals surface area contributed by atoms with E-state index in [0.29, 0.717) is 11.8 Å². The standard InChI is InChI=1S/C23H20/c1-3-15-17-9-6-7-11-19(17)23-12-20-14(2)16-8-4-5-10-18(16)22(20)13-21(15)23/h4-15H,3H2,1-2H3. The fourth-order valence-corrected chi connectivity index (χ4v) is 4.69. The molecule has 3 aromatic carbocycles. The van der Waals surface area contributed by atoms with Gasteiger partial charge < -0.3 is 0 Å². The van der Waals surface area contributed by atoms with Gasteiger partial charge in [-0.2, -0.15) is 0 Å². The second-order valence-corrected chi connectivity index (χ2v) is 6.88. The first-order chi connectivity index (χ1) is 11.3. The molecule has 5 rings (SSSR count). The maximum absolute atomic E-state index is 2.49. The second-order valence-electron chi connectivity index (χ2n) is 6.88. The lowest BCUT2D eigenvalue weighted by molar-refractivity contribution is 0.797. The van der Waals surface area contributed by atoms with Crippen molar-refractivity contribution in [3.63, 3.8) is 0 Å². The van der Waals surface area contributed by atoms with Crippen molar-refractivity contribution < 1.29 is 0 Å². The third kappa shape index (κ3) is 1.61. The third-order valence-corrected chi connectivity index (χ3v) is 5.82. The molecule has 2 aliphatic carbocycles. The zero-order valence-electron chi connectivity index (χ0n) is 13.6. The van der Waals surface area contributed by atoms with Crippen LogP contribution < -0.4 is 0 Å². The quantitative estimate of drug-likeness (QED) is 0.491. The molecule has 0 spiro atoms. The lowest BCUT2D eigenvalue weighted by Gasteiger charge is -2.13. The fraction of sp³-hybridized carbons (Fsp3) is 0.217. The Labute approximate surface area is 137 Å². The van der Waals surface area contributed by atoms with E-state index in [1.807, 2.05) is 0 Å². The molecule has 2 unspecified atom stereocenters. The summed E-state index contributed by atoms with van der Waals surface area (Å²) < 4.78 is 0. The van der Waals surface area contributed by atoms with Gasteiger partial charge in [0, 0.05) is 11.8 Å². The molecule has 0 fully saturated rings. The van der Waals surface area contributed by atoms with Crippen LogP contribution in [0.3, 0.4) is 0 Å². The molecule has 23 heavy (non-hydrogen) atoms. The molecule has 3 aromatic rings. The van der Waals surface area contributed by atoms with Gasteiger partial charge in [-0.05, 0) is 63.1 Å². The maximum atomic E-state index is 2.49. The summed E-state index contributed by atoms with van der Waals surface area (Å²) in [5.41, 5.74) is 11.8. The van der Waals surface area contributed by atoms with E-state index < -0.39 is 0 Å². The van der Waals surface area contributed by atoms with E-state index in [1.54, 1.807) is 0 Å². The number of hydrogen-bond acceptors (Lipinski definition) is 0. The Kier molecular flexibility index (Phi) is 2.61. The Balaban J connectivity index is 1.81. The summed E-state index contributed by atoms with van der Waals surface area (Å²) in [6.45, 7) is 4.65. The van der Waals surface area contributed by atoms with Crippen LogP contribution in [0.5, 0.6) is 0 Å². The molecule has 0 nitrogen and oxygen atoms in total. The first kappa shape index (κ1) is 13.1. The van der Waals surface area contributed by atoms with E-state index >= 15 is 0 Å². The molecule has 0 heteroatoms. The number of rotatable bonds is 1. The Morgan fingerprint density at radius 2 is 1.22 bits per heavy atom. The van der Waals surface area contributed by atoms with Gasteiger partial charge >= 0.3 is 0 Å². The highest BCUT2D eigenvalue weighted by Crippen LogP contribution is 2.52.